The molecule has 0 spiro atoms. The predicted octanol–water partition coefficient (Wildman–Crippen LogP) is 1.28. The summed E-state index contributed by atoms with van der Waals surface area (Å²) in [5.74, 6) is 0. The van der Waals surface area contributed by atoms with Crippen LogP contribution in [-0.2, 0) is 6.42 Å². The summed E-state index contributed by atoms with van der Waals surface area (Å²) in [6, 6.07) is 0. The molecule has 0 atom stereocenters. The van der Waals surface area contributed by atoms with E-state index in [0.717, 1.165) is 28.2 Å². The molecule has 2 aromatic heterocycles. The minimum Gasteiger partial charge on any atom is -0.212 e. The SMILES string of the molecule is CCc1nn2ncnc2c(S)c1C. The number of hydrogen-bond acceptors (Lipinski definition) is 4. The van der Waals surface area contributed by atoms with Crippen molar-refractivity contribution in [2.75, 3.05) is 0 Å². The second-order valence-electron chi connectivity index (χ2n) is 2.85. The Labute approximate surface area is 81.4 Å². The molecule has 13 heavy (non-hydrogen) atoms. The maximum Gasteiger partial charge on any atom is 0.189 e. The van der Waals surface area contributed by atoms with Crippen LogP contribution in [0, 0.1) is 6.92 Å². The van der Waals surface area contributed by atoms with Crippen LogP contribution < -0.4 is 0 Å². The van der Waals surface area contributed by atoms with Gasteiger partial charge in [-0.05, 0) is 18.9 Å². The Morgan fingerprint density at radius 3 is 3.00 bits per heavy atom. The fourth-order valence-corrected chi connectivity index (χ4v) is 1.57. The maximum absolute atomic E-state index is 4.39. The van der Waals surface area contributed by atoms with Crippen molar-refractivity contribution < 1.29 is 0 Å². The summed E-state index contributed by atoms with van der Waals surface area (Å²) >= 11 is 4.39. The van der Waals surface area contributed by atoms with E-state index in [0.29, 0.717) is 0 Å². The summed E-state index contributed by atoms with van der Waals surface area (Å²) in [5, 5.41) is 8.28. The van der Waals surface area contributed by atoms with Crippen molar-refractivity contribution in [2.45, 2.75) is 25.2 Å². The summed E-state index contributed by atoms with van der Waals surface area (Å²) in [4.78, 5) is 4.93. The van der Waals surface area contributed by atoms with Gasteiger partial charge >= 0.3 is 0 Å². The third-order valence-electron chi connectivity index (χ3n) is 2.08. The van der Waals surface area contributed by atoms with Crippen LogP contribution in [0.3, 0.4) is 0 Å². The molecule has 2 aromatic rings. The number of hydrogen-bond donors (Lipinski definition) is 1. The lowest BCUT2D eigenvalue weighted by Gasteiger charge is -2.04. The molecule has 0 fully saturated rings. The third kappa shape index (κ3) is 1.19. The minimum absolute atomic E-state index is 0.720. The number of thiol groups is 1. The molecular weight excluding hydrogens is 184 g/mol. The Kier molecular flexibility index (Phi) is 1.95. The molecule has 0 saturated carbocycles. The minimum atomic E-state index is 0.720. The van der Waals surface area contributed by atoms with Gasteiger partial charge in [0, 0.05) is 0 Å². The quantitative estimate of drug-likeness (QED) is 0.695. The number of nitrogens with zero attached hydrogens (tertiary/aromatic N) is 4. The van der Waals surface area contributed by atoms with Crippen LogP contribution in [0.25, 0.3) is 5.65 Å². The van der Waals surface area contributed by atoms with Gasteiger partial charge in [0.2, 0.25) is 0 Å². The van der Waals surface area contributed by atoms with Crippen LogP contribution in [0.4, 0.5) is 0 Å². The van der Waals surface area contributed by atoms with Gasteiger partial charge in [-0.3, -0.25) is 0 Å². The highest BCUT2D eigenvalue weighted by molar-refractivity contribution is 7.80. The average Bonchev–Trinajstić information content (AvgIpc) is 2.59. The molecule has 0 aromatic carbocycles. The maximum atomic E-state index is 4.39. The second-order valence-corrected chi connectivity index (χ2v) is 3.29. The van der Waals surface area contributed by atoms with Gasteiger partial charge in [0.05, 0.1) is 10.6 Å². The molecule has 0 radical (unpaired) electrons. The molecule has 0 unspecified atom stereocenters. The van der Waals surface area contributed by atoms with E-state index in [1.165, 1.54) is 11.0 Å². The van der Waals surface area contributed by atoms with Crippen molar-refractivity contribution in [1.82, 2.24) is 19.8 Å². The van der Waals surface area contributed by atoms with E-state index in [9.17, 15) is 0 Å². The Hall–Kier alpha value is -1.10. The summed E-state index contributed by atoms with van der Waals surface area (Å²) in [6.07, 6.45) is 2.37. The predicted molar refractivity (Wildman–Crippen MR) is 52.1 cm³/mol. The molecule has 0 bridgehead atoms. The molecule has 68 valence electrons. The summed E-state index contributed by atoms with van der Waals surface area (Å²) in [6.45, 7) is 4.06. The smallest absolute Gasteiger partial charge is 0.189 e. The molecule has 2 heterocycles. The third-order valence-corrected chi connectivity index (χ3v) is 2.62. The highest BCUT2D eigenvalue weighted by atomic mass is 32.1. The van der Waals surface area contributed by atoms with Gasteiger partial charge in [0.15, 0.2) is 5.65 Å². The van der Waals surface area contributed by atoms with E-state index in [2.05, 4.69) is 34.7 Å². The zero-order valence-corrected chi connectivity index (χ0v) is 8.41. The van der Waals surface area contributed by atoms with Gasteiger partial charge < -0.3 is 0 Å². The van der Waals surface area contributed by atoms with Crippen LogP contribution in [0.1, 0.15) is 18.2 Å². The Balaban J connectivity index is 2.83. The Morgan fingerprint density at radius 1 is 1.54 bits per heavy atom. The normalized spacial score (nSPS) is 11.0. The molecule has 5 heteroatoms. The van der Waals surface area contributed by atoms with E-state index in [1.54, 1.807) is 0 Å². The Bertz CT molecular complexity index is 449. The zero-order valence-electron chi connectivity index (χ0n) is 7.52. The largest absolute Gasteiger partial charge is 0.212 e. The molecule has 0 aliphatic heterocycles. The highest BCUT2D eigenvalue weighted by Crippen LogP contribution is 2.19. The van der Waals surface area contributed by atoms with E-state index in [4.69, 9.17) is 0 Å². The second kappa shape index (κ2) is 2.99. The fraction of sp³-hybridized carbons (Fsp3) is 0.375. The van der Waals surface area contributed by atoms with Crippen LogP contribution >= 0.6 is 12.6 Å². The van der Waals surface area contributed by atoms with Crippen molar-refractivity contribution >= 4 is 18.3 Å². The number of fused-ring (bicyclic) bond motifs is 1. The van der Waals surface area contributed by atoms with E-state index < -0.39 is 0 Å². The van der Waals surface area contributed by atoms with E-state index in [1.807, 2.05) is 6.92 Å². The van der Waals surface area contributed by atoms with Crippen LogP contribution in [-0.4, -0.2) is 19.8 Å². The average molecular weight is 194 g/mol. The standard InChI is InChI=1S/C8H10N4S/c1-3-6-5(2)7(13)8-9-4-10-12(8)11-6/h4,13H,3H2,1-2H3. The van der Waals surface area contributed by atoms with Crippen LogP contribution in [0.2, 0.25) is 0 Å². The lowest BCUT2D eigenvalue weighted by atomic mass is 10.2. The first-order valence-electron chi connectivity index (χ1n) is 4.12. The van der Waals surface area contributed by atoms with E-state index >= 15 is 0 Å². The van der Waals surface area contributed by atoms with Crippen molar-refractivity contribution in [3.05, 3.63) is 17.6 Å². The molecule has 4 nitrogen and oxygen atoms in total. The Morgan fingerprint density at radius 2 is 2.31 bits per heavy atom. The van der Waals surface area contributed by atoms with E-state index in [-0.39, 0.29) is 0 Å². The van der Waals surface area contributed by atoms with Gasteiger partial charge in [-0.2, -0.15) is 5.10 Å². The van der Waals surface area contributed by atoms with Gasteiger partial charge in [-0.15, -0.1) is 22.4 Å². The molecule has 0 amide bonds. The number of aromatic nitrogens is 4. The number of aryl methyl sites for hydroxylation is 1. The molecule has 2 rings (SSSR count). The monoisotopic (exact) mass is 194 g/mol. The first-order chi connectivity index (χ1) is 6.24. The summed E-state index contributed by atoms with van der Waals surface area (Å²) in [5.41, 5.74) is 2.83. The van der Waals surface area contributed by atoms with Crippen LogP contribution in [0.5, 0.6) is 0 Å². The molecular formula is C8H10N4S. The zero-order chi connectivity index (χ0) is 9.42. The molecule has 0 N–H and O–H groups in total. The van der Waals surface area contributed by atoms with Crippen molar-refractivity contribution in [3.8, 4) is 0 Å². The lowest BCUT2D eigenvalue weighted by Crippen LogP contribution is -2.03. The lowest BCUT2D eigenvalue weighted by molar-refractivity contribution is 0.745. The van der Waals surface area contributed by atoms with Gasteiger partial charge in [-0.1, -0.05) is 6.92 Å². The molecule has 0 aliphatic carbocycles. The first kappa shape index (κ1) is 8.50. The summed E-state index contributed by atoms with van der Waals surface area (Å²) in [7, 11) is 0. The van der Waals surface area contributed by atoms with Crippen molar-refractivity contribution in [3.63, 3.8) is 0 Å². The first-order valence-corrected chi connectivity index (χ1v) is 4.57. The van der Waals surface area contributed by atoms with Gasteiger partial charge in [0.25, 0.3) is 0 Å². The summed E-state index contributed by atoms with van der Waals surface area (Å²) < 4.78 is 1.52. The van der Waals surface area contributed by atoms with Crippen molar-refractivity contribution in [2.24, 2.45) is 0 Å². The molecule has 0 saturated heterocycles. The van der Waals surface area contributed by atoms with Gasteiger partial charge in [0.1, 0.15) is 6.33 Å². The molecule has 0 aliphatic rings. The van der Waals surface area contributed by atoms with Gasteiger partial charge in [-0.25, -0.2) is 4.98 Å². The van der Waals surface area contributed by atoms with Crippen molar-refractivity contribution in [1.29, 1.82) is 0 Å². The van der Waals surface area contributed by atoms with Crippen LogP contribution in [0.15, 0.2) is 11.2 Å². The fourth-order valence-electron chi connectivity index (χ4n) is 1.29. The number of rotatable bonds is 1. The highest BCUT2D eigenvalue weighted by Gasteiger charge is 2.08. The topological polar surface area (TPSA) is 43.1 Å².